The van der Waals surface area contributed by atoms with Crippen LogP contribution in [0, 0.1) is 6.92 Å². The zero-order chi connectivity index (χ0) is 10.7. The monoisotopic (exact) mass is 240 g/mol. The number of benzene rings is 1. The number of rotatable bonds is 1. The summed E-state index contributed by atoms with van der Waals surface area (Å²) in [6, 6.07) is 7.78. The molecule has 0 unspecified atom stereocenters. The van der Waals surface area contributed by atoms with Crippen molar-refractivity contribution in [2.45, 2.75) is 6.92 Å². The molecule has 1 saturated heterocycles. The van der Waals surface area contributed by atoms with E-state index in [1.54, 1.807) is 0 Å². The molecule has 88 valence electrons. The van der Waals surface area contributed by atoms with E-state index in [0.29, 0.717) is 0 Å². The third-order valence-electron chi connectivity index (χ3n) is 2.67. The highest BCUT2D eigenvalue weighted by Gasteiger charge is 2.17. The highest BCUT2D eigenvalue weighted by Crippen LogP contribution is 2.08. The Labute approximate surface area is 102 Å². The molecule has 0 saturated carbocycles. The Morgan fingerprint density at radius 1 is 1.31 bits per heavy atom. The number of aryl methyl sites for hydroxylation is 1. The van der Waals surface area contributed by atoms with Crippen LogP contribution in [-0.2, 0) is 0 Å². The molecule has 0 aliphatic carbocycles. The molecule has 0 spiro atoms. The summed E-state index contributed by atoms with van der Waals surface area (Å²) in [6.07, 6.45) is 0. The Kier molecular flexibility index (Phi) is 4.77. The quantitative estimate of drug-likeness (QED) is 0.806. The van der Waals surface area contributed by atoms with E-state index in [0.717, 1.165) is 37.3 Å². The zero-order valence-electron chi connectivity index (χ0n) is 9.40. The number of amides is 1. The zero-order valence-corrected chi connectivity index (χ0v) is 10.2. The van der Waals surface area contributed by atoms with Gasteiger partial charge >= 0.3 is 0 Å². The largest absolute Gasteiger partial charge is 0.336 e. The SMILES string of the molecule is Cc1cccc(C(=O)N2CCNCC2)c1.Cl. The summed E-state index contributed by atoms with van der Waals surface area (Å²) >= 11 is 0. The van der Waals surface area contributed by atoms with Gasteiger partial charge in [0.25, 0.3) is 5.91 Å². The smallest absolute Gasteiger partial charge is 0.253 e. The summed E-state index contributed by atoms with van der Waals surface area (Å²) in [7, 11) is 0. The summed E-state index contributed by atoms with van der Waals surface area (Å²) in [5.74, 6) is 0.153. The van der Waals surface area contributed by atoms with Gasteiger partial charge in [0, 0.05) is 31.7 Å². The number of hydrogen-bond donors (Lipinski definition) is 1. The lowest BCUT2D eigenvalue weighted by Crippen LogP contribution is -2.46. The van der Waals surface area contributed by atoms with Gasteiger partial charge in [0.1, 0.15) is 0 Å². The molecular weight excluding hydrogens is 224 g/mol. The summed E-state index contributed by atoms with van der Waals surface area (Å²) in [5, 5.41) is 3.24. The van der Waals surface area contributed by atoms with Crippen LogP contribution in [0.2, 0.25) is 0 Å². The molecule has 1 amide bonds. The van der Waals surface area contributed by atoms with Crippen molar-refractivity contribution < 1.29 is 4.79 Å². The van der Waals surface area contributed by atoms with Gasteiger partial charge in [-0.25, -0.2) is 0 Å². The average Bonchev–Trinajstić information content (AvgIpc) is 2.29. The van der Waals surface area contributed by atoms with E-state index >= 15 is 0 Å². The molecule has 0 bridgehead atoms. The van der Waals surface area contributed by atoms with E-state index < -0.39 is 0 Å². The van der Waals surface area contributed by atoms with Crippen molar-refractivity contribution in [2.75, 3.05) is 26.2 Å². The van der Waals surface area contributed by atoms with E-state index in [1.165, 1.54) is 0 Å². The van der Waals surface area contributed by atoms with Gasteiger partial charge < -0.3 is 10.2 Å². The van der Waals surface area contributed by atoms with Crippen LogP contribution >= 0.6 is 12.4 Å². The molecule has 0 radical (unpaired) electrons. The molecule has 0 aromatic heterocycles. The Bertz CT molecular complexity index is 362. The number of carbonyl (C=O) groups is 1. The second kappa shape index (κ2) is 5.87. The highest BCUT2D eigenvalue weighted by molar-refractivity contribution is 5.94. The third-order valence-corrected chi connectivity index (χ3v) is 2.67. The number of piperazine rings is 1. The van der Waals surface area contributed by atoms with Crippen molar-refractivity contribution in [3.63, 3.8) is 0 Å². The molecule has 0 atom stereocenters. The molecule has 16 heavy (non-hydrogen) atoms. The lowest BCUT2D eigenvalue weighted by molar-refractivity contribution is 0.0735. The van der Waals surface area contributed by atoms with Crippen LogP contribution in [0.5, 0.6) is 0 Å². The molecule has 1 fully saturated rings. The van der Waals surface area contributed by atoms with Gasteiger partial charge in [0.05, 0.1) is 0 Å². The Hall–Kier alpha value is -1.06. The van der Waals surface area contributed by atoms with Crippen molar-refractivity contribution >= 4 is 18.3 Å². The molecule has 1 aliphatic heterocycles. The Morgan fingerprint density at radius 2 is 2.00 bits per heavy atom. The number of hydrogen-bond acceptors (Lipinski definition) is 2. The van der Waals surface area contributed by atoms with Gasteiger partial charge in [-0.1, -0.05) is 17.7 Å². The van der Waals surface area contributed by atoms with E-state index in [-0.39, 0.29) is 18.3 Å². The van der Waals surface area contributed by atoms with Crippen LogP contribution < -0.4 is 5.32 Å². The number of carbonyl (C=O) groups excluding carboxylic acids is 1. The van der Waals surface area contributed by atoms with E-state index in [4.69, 9.17) is 0 Å². The second-order valence-electron chi connectivity index (χ2n) is 3.91. The number of halogens is 1. The first-order valence-corrected chi connectivity index (χ1v) is 5.34. The molecule has 1 N–H and O–H groups in total. The third kappa shape index (κ3) is 2.97. The summed E-state index contributed by atoms with van der Waals surface area (Å²) in [4.78, 5) is 14.0. The molecule has 1 aliphatic rings. The topological polar surface area (TPSA) is 32.3 Å². The van der Waals surface area contributed by atoms with Crippen LogP contribution in [0.25, 0.3) is 0 Å². The maximum absolute atomic E-state index is 12.1. The van der Waals surface area contributed by atoms with Gasteiger partial charge in [-0.05, 0) is 19.1 Å². The molecule has 4 heteroatoms. The number of nitrogens with zero attached hydrogens (tertiary/aromatic N) is 1. The van der Waals surface area contributed by atoms with Gasteiger partial charge in [-0.3, -0.25) is 4.79 Å². The normalized spacial score (nSPS) is 15.4. The first kappa shape index (κ1) is 13.0. The predicted octanol–water partition coefficient (Wildman–Crippen LogP) is 1.46. The van der Waals surface area contributed by atoms with E-state index in [2.05, 4.69) is 5.32 Å². The van der Waals surface area contributed by atoms with Crippen LogP contribution in [0.1, 0.15) is 15.9 Å². The highest BCUT2D eigenvalue weighted by atomic mass is 35.5. The fraction of sp³-hybridized carbons (Fsp3) is 0.417. The van der Waals surface area contributed by atoms with Crippen molar-refractivity contribution in [1.82, 2.24) is 10.2 Å². The van der Waals surface area contributed by atoms with Crippen molar-refractivity contribution in [1.29, 1.82) is 0 Å². The Balaban J connectivity index is 0.00000128. The molecule has 1 aromatic carbocycles. The second-order valence-corrected chi connectivity index (χ2v) is 3.91. The fourth-order valence-electron chi connectivity index (χ4n) is 1.83. The molecule has 1 aromatic rings. The minimum absolute atomic E-state index is 0. The molecule has 1 heterocycles. The lowest BCUT2D eigenvalue weighted by Gasteiger charge is -2.27. The number of nitrogens with one attached hydrogen (secondary N) is 1. The fourth-order valence-corrected chi connectivity index (χ4v) is 1.83. The molecular formula is C12H17ClN2O. The predicted molar refractivity (Wildman–Crippen MR) is 67.2 cm³/mol. The van der Waals surface area contributed by atoms with Crippen LogP contribution in [0.3, 0.4) is 0 Å². The summed E-state index contributed by atoms with van der Waals surface area (Å²) in [6.45, 7) is 5.43. The molecule has 3 nitrogen and oxygen atoms in total. The first-order valence-electron chi connectivity index (χ1n) is 5.34. The van der Waals surface area contributed by atoms with E-state index in [1.807, 2.05) is 36.1 Å². The first-order chi connectivity index (χ1) is 7.27. The van der Waals surface area contributed by atoms with Gasteiger partial charge in [0.2, 0.25) is 0 Å². The van der Waals surface area contributed by atoms with Crippen LogP contribution in [0.4, 0.5) is 0 Å². The summed E-state index contributed by atoms with van der Waals surface area (Å²) < 4.78 is 0. The minimum atomic E-state index is 0. The van der Waals surface area contributed by atoms with Crippen molar-refractivity contribution in [2.24, 2.45) is 0 Å². The van der Waals surface area contributed by atoms with Crippen LogP contribution in [-0.4, -0.2) is 37.0 Å². The maximum Gasteiger partial charge on any atom is 0.253 e. The maximum atomic E-state index is 12.1. The average molecular weight is 241 g/mol. The minimum Gasteiger partial charge on any atom is -0.336 e. The molecule has 2 rings (SSSR count). The van der Waals surface area contributed by atoms with Crippen LogP contribution in [0.15, 0.2) is 24.3 Å². The van der Waals surface area contributed by atoms with E-state index in [9.17, 15) is 4.79 Å². The lowest BCUT2D eigenvalue weighted by atomic mass is 10.1. The van der Waals surface area contributed by atoms with Gasteiger partial charge in [0.15, 0.2) is 0 Å². The Morgan fingerprint density at radius 3 is 2.62 bits per heavy atom. The van der Waals surface area contributed by atoms with Crippen molar-refractivity contribution in [3.8, 4) is 0 Å². The standard InChI is InChI=1S/C12H16N2O.ClH/c1-10-3-2-4-11(9-10)12(15)14-7-5-13-6-8-14;/h2-4,9,13H,5-8H2,1H3;1H. The van der Waals surface area contributed by atoms with Crippen molar-refractivity contribution in [3.05, 3.63) is 35.4 Å². The summed E-state index contributed by atoms with van der Waals surface area (Å²) in [5.41, 5.74) is 1.94. The van der Waals surface area contributed by atoms with Gasteiger partial charge in [-0.2, -0.15) is 0 Å². The van der Waals surface area contributed by atoms with Gasteiger partial charge in [-0.15, -0.1) is 12.4 Å².